The van der Waals surface area contributed by atoms with Gasteiger partial charge in [-0.3, -0.25) is 9.69 Å². The van der Waals surface area contributed by atoms with Gasteiger partial charge in [0.25, 0.3) is 0 Å². The number of halogens is 1. The van der Waals surface area contributed by atoms with Crippen molar-refractivity contribution in [3.8, 4) is 0 Å². The first-order valence-corrected chi connectivity index (χ1v) is 9.74. The largest absolute Gasteiger partial charge is 0.373 e. The van der Waals surface area contributed by atoms with E-state index in [0.29, 0.717) is 23.4 Å². The first kappa shape index (κ1) is 20.8. The van der Waals surface area contributed by atoms with Gasteiger partial charge >= 0.3 is 0 Å². The van der Waals surface area contributed by atoms with Crippen LogP contribution < -0.4 is 5.73 Å². The molecule has 0 radical (unpaired) electrons. The van der Waals surface area contributed by atoms with Gasteiger partial charge in [0.05, 0.1) is 12.0 Å². The Morgan fingerprint density at radius 1 is 1.36 bits per heavy atom. The molecule has 7 heteroatoms. The number of aromatic amines is 1. The molecule has 1 amide bonds. The Labute approximate surface area is 172 Å². The van der Waals surface area contributed by atoms with E-state index in [4.69, 9.17) is 10.5 Å². The van der Waals surface area contributed by atoms with Crippen molar-refractivity contribution < 1.29 is 9.53 Å². The topological polar surface area (TPSA) is 84.2 Å². The normalized spacial score (nSPS) is 28.4. The maximum Gasteiger partial charge on any atom is 0.248 e. The van der Waals surface area contributed by atoms with Gasteiger partial charge in [-0.2, -0.15) is 0 Å². The molecule has 152 valence electrons. The molecule has 3 N–H and O–H groups in total. The third-order valence-corrected chi connectivity index (χ3v) is 6.68. The highest BCUT2D eigenvalue weighted by Crippen LogP contribution is 2.52. The van der Waals surface area contributed by atoms with Gasteiger partial charge in [-0.25, -0.2) is 4.98 Å². The van der Waals surface area contributed by atoms with E-state index in [9.17, 15) is 4.79 Å². The number of likely N-dealkylation sites (tertiary alicyclic amines) is 1. The Morgan fingerprint density at radius 2 is 2.07 bits per heavy atom. The number of benzene rings is 1. The molecule has 6 nitrogen and oxygen atoms in total. The number of fused-ring (bicyclic) bond motifs is 2. The summed E-state index contributed by atoms with van der Waals surface area (Å²) in [6.07, 6.45) is 7.12. The Morgan fingerprint density at radius 3 is 2.64 bits per heavy atom. The van der Waals surface area contributed by atoms with Gasteiger partial charge in [-0.1, -0.05) is 18.6 Å². The minimum absolute atomic E-state index is 0. The van der Waals surface area contributed by atoms with Crippen LogP contribution in [-0.4, -0.2) is 41.0 Å². The Kier molecular flexibility index (Phi) is 6.12. The average Bonchev–Trinajstić information content (AvgIpc) is 3.21. The molecule has 1 aliphatic carbocycles. The van der Waals surface area contributed by atoms with Crippen LogP contribution in [0.2, 0.25) is 0 Å². The molecule has 2 bridgehead atoms. The number of H-pyrrole nitrogens is 1. The third-order valence-electron chi connectivity index (χ3n) is 6.68. The Balaban J connectivity index is 0.00000225. The second-order valence-electron chi connectivity index (χ2n) is 7.90. The van der Waals surface area contributed by atoms with E-state index in [1.165, 1.54) is 6.42 Å². The van der Waals surface area contributed by atoms with E-state index in [0.717, 1.165) is 37.2 Å². The number of nitrogens with one attached hydrogen (secondary N) is 1. The molecule has 0 spiro atoms. The first-order chi connectivity index (χ1) is 13.1. The Bertz CT molecular complexity index is 796. The number of primary amides is 1. The monoisotopic (exact) mass is 404 g/mol. The second kappa shape index (κ2) is 8.23. The van der Waals surface area contributed by atoms with Crippen LogP contribution in [0.4, 0.5) is 0 Å². The number of nitrogens with two attached hydrogens (primary N) is 1. The van der Waals surface area contributed by atoms with Crippen molar-refractivity contribution in [1.82, 2.24) is 14.9 Å². The van der Waals surface area contributed by atoms with Crippen LogP contribution in [-0.2, 0) is 10.3 Å². The molecule has 2 fully saturated rings. The molecule has 1 aromatic carbocycles. The zero-order valence-electron chi connectivity index (χ0n) is 16.4. The number of piperidine rings is 1. The first-order valence-electron chi connectivity index (χ1n) is 9.74. The van der Waals surface area contributed by atoms with Crippen LogP contribution in [0.3, 0.4) is 0 Å². The third kappa shape index (κ3) is 3.34. The maximum absolute atomic E-state index is 11.7. The minimum Gasteiger partial charge on any atom is -0.373 e. The van der Waals surface area contributed by atoms with Gasteiger partial charge in [0, 0.05) is 49.8 Å². The van der Waals surface area contributed by atoms with E-state index in [2.05, 4.69) is 27.9 Å². The lowest BCUT2D eigenvalue weighted by molar-refractivity contribution is -0.174. The van der Waals surface area contributed by atoms with Gasteiger partial charge in [-0.15, -0.1) is 12.4 Å². The number of carbonyl (C=O) groups excluding carboxylic acids is 1. The van der Waals surface area contributed by atoms with Crippen LogP contribution in [0.15, 0.2) is 36.8 Å². The number of amides is 1. The van der Waals surface area contributed by atoms with Crippen molar-refractivity contribution in [3.05, 3.63) is 53.6 Å². The number of ether oxygens (including phenoxy) is 1. The molecule has 1 aromatic heterocycles. The SMILES string of the molecule is COC1(c2cccc(C(N)=O)c2)[C@@H]2CCC[C@H]1CN([C@H](C)c1cnc[nH]1)C2.Cl. The molecule has 2 aliphatic rings. The molecule has 1 saturated heterocycles. The van der Waals surface area contributed by atoms with Crippen LogP contribution in [0.1, 0.15) is 53.8 Å². The van der Waals surface area contributed by atoms with E-state index in [1.807, 2.05) is 25.4 Å². The molecule has 4 atom stereocenters. The zero-order valence-corrected chi connectivity index (χ0v) is 17.2. The van der Waals surface area contributed by atoms with Crippen molar-refractivity contribution in [3.63, 3.8) is 0 Å². The lowest BCUT2D eigenvalue weighted by atomic mass is 9.62. The lowest BCUT2D eigenvalue weighted by Crippen LogP contribution is -2.59. The summed E-state index contributed by atoms with van der Waals surface area (Å²) in [5.41, 5.74) is 7.96. The fraction of sp³-hybridized carbons (Fsp3) is 0.524. The summed E-state index contributed by atoms with van der Waals surface area (Å²) in [5, 5.41) is 0. The predicted octanol–water partition coefficient (Wildman–Crippen LogP) is 3.27. The van der Waals surface area contributed by atoms with Crippen molar-refractivity contribution in [2.45, 2.75) is 37.8 Å². The number of carbonyl (C=O) groups is 1. The highest BCUT2D eigenvalue weighted by atomic mass is 35.5. The van der Waals surface area contributed by atoms with Gasteiger partial charge in [0.15, 0.2) is 0 Å². The molecular weight excluding hydrogens is 376 g/mol. The van der Waals surface area contributed by atoms with E-state index in [-0.39, 0.29) is 18.0 Å². The fourth-order valence-electron chi connectivity index (χ4n) is 5.31. The minimum atomic E-state index is -0.390. The second-order valence-corrected chi connectivity index (χ2v) is 7.90. The van der Waals surface area contributed by atoms with Crippen molar-refractivity contribution in [2.24, 2.45) is 17.6 Å². The Hall–Kier alpha value is -1.89. The summed E-state index contributed by atoms with van der Waals surface area (Å²) in [7, 11) is 1.82. The summed E-state index contributed by atoms with van der Waals surface area (Å²) >= 11 is 0. The number of rotatable bonds is 5. The highest BCUT2D eigenvalue weighted by Gasteiger charge is 2.53. The molecule has 2 heterocycles. The van der Waals surface area contributed by atoms with E-state index < -0.39 is 5.91 Å². The van der Waals surface area contributed by atoms with Crippen LogP contribution in [0.25, 0.3) is 0 Å². The summed E-state index contributed by atoms with van der Waals surface area (Å²) in [6, 6.07) is 8.02. The number of methoxy groups -OCH3 is 1. The van der Waals surface area contributed by atoms with Crippen LogP contribution >= 0.6 is 12.4 Å². The summed E-state index contributed by atoms with van der Waals surface area (Å²) < 4.78 is 6.29. The van der Waals surface area contributed by atoms with E-state index in [1.54, 1.807) is 12.4 Å². The predicted molar refractivity (Wildman–Crippen MR) is 110 cm³/mol. The molecule has 2 aromatic rings. The number of nitrogens with zero attached hydrogens (tertiary/aromatic N) is 2. The van der Waals surface area contributed by atoms with Gasteiger partial charge < -0.3 is 15.5 Å². The van der Waals surface area contributed by atoms with Crippen molar-refractivity contribution in [1.29, 1.82) is 0 Å². The summed E-state index contributed by atoms with van der Waals surface area (Å²) in [5.74, 6) is 0.366. The number of hydrogen-bond acceptors (Lipinski definition) is 4. The summed E-state index contributed by atoms with van der Waals surface area (Å²) in [4.78, 5) is 21.7. The smallest absolute Gasteiger partial charge is 0.248 e. The molecule has 1 unspecified atom stereocenters. The van der Waals surface area contributed by atoms with Crippen LogP contribution in [0, 0.1) is 11.8 Å². The highest BCUT2D eigenvalue weighted by molar-refractivity contribution is 5.92. The lowest BCUT2D eigenvalue weighted by Gasteiger charge is -2.56. The molecule has 1 saturated carbocycles. The number of aromatic nitrogens is 2. The number of imidazole rings is 1. The molecule has 28 heavy (non-hydrogen) atoms. The maximum atomic E-state index is 11.7. The number of hydrogen-bond donors (Lipinski definition) is 2. The van der Waals surface area contributed by atoms with Gasteiger partial charge in [0.1, 0.15) is 5.60 Å². The van der Waals surface area contributed by atoms with Gasteiger partial charge in [-0.05, 0) is 37.5 Å². The molecule has 1 aliphatic heterocycles. The summed E-state index contributed by atoms with van der Waals surface area (Å²) in [6.45, 7) is 4.16. The fourth-order valence-corrected chi connectivity index (χ4v) is 5.31. The standard InChI is InChI=1S/C21H28N4O2.ClH/c1-14(19-10-23-13-24-19)25-11-17-7-4-8-18(12-25)21(17,27-2)16-6-3-5-15(9-16)20(22)26;/h3,5-6,9-10,13-14,17-18H,4,7-8,11-12H2,1-2H3,(H2,22,26)(H,23,24);1H/t14-,17-,18+,21?;/m1./s1. The van der Waals surface area contributed by atoms with Crippen molar-refractivity contribution in [2.75, 3.05) is 20.2 Å². The zero-order chi connectivity index (χ0) is 19.0. The quantitative estimate of drug-likeness (QED) is 0.800. The average molecular weight is 405 g/mol. The molecular formula is C21H29ClN4O2. The van der Waals surface area contributed by atoms with Crippen LogP contribution in [0.5, 0.6) is 0 Å². The van der Waals surface area contributed by atoms with Crippen molar-refractivity contribution >= 4 is 18.3 Å². The molecule has 4 rings (SSSR count). The van der Waals surface area contributed by atoms with E-state index >= 15 is 0 Å². The van der Waals surface area contributed by atoms with Gasteiger partial charge in [0.2, 0.25) is 5.91 Å².